The van der Waals surface area contributed by atoms with Crippen molar-refractivity contribution in [2.45, 2.75) is 0 Å². The highest BCUT2D eigenvalue weighted by atomic mass is 35.5. The fourth-order valence-electron chi connectivity index (χ4n) is 1.94. The Morgan fingerprint density at radius 3 is 2.30 bits per heavy atom. The van der Waals surface area contributed by atoms with Gasteiger partial charge in [0, 0.05) is 25.3 Å². The van der Waals surface area contributed by atoms with Gasteiger partial charge in [0.05, 0.1) is 17.3 Å². The normalized spacial score (nSPS) is 10.0. The lowest BCUT2D eigenvalue weighted by Gasteiger charge is -2.11. The van der Waals surface area contributed by atoms with Gasteiger partial charge < -0.3 is 15.5 Å². The van der Waals surface area contributed by atoms with Crippen LogP contribution >= 0.6 is 11.6 Å². The van der Waals surface area contributed by atoms with E-state index in [9.17, 15) is 9.59 Å². The first-order valence-electron chi connectivity index (χ1n) is 7.07. The van der Waals surface area contributed by atoms with Crippen LogP contribution in [0.15, 0.2) is 48.5 Å². The lowest BCUT2D eigenvalue weighted by Crippen LogP contribution is -2.23. The van der Waals surface area contributed by atoms with Crippen molar-refractivity contribution in [2.24, 2.45) is 0 Å². The summed E-state index contributed by atoms with van der Waals surface area (Å²) in [6, 6.07) is 14.0. The van der Waals surface area contributed by atoms with Gasteiger partial charge in [0.25, 0.3) is 5.91 Å². The minimum Gasteiger partial charge on any atom is -0.375 e. The van der Waals surface area contributed by atoms with Gasteiger partial charge in [-0.2, -0.15) is 0 Å². The first-order chi connectivity index (χ1) is 11.0. The molecule has 2 rings (SSSR count). The Morgan fingerprint density at radius 2 is 1.70 bits per heavy atom. The summed E-state index contributed by atoms with van der Waals surface area (Å²) in [5, 5.41) is 6.29. The molecule has 5 nitrogen and oxygen atoms in total. The smallest absolute Gasteiger partial charge is 0.253 e. The molecule has 6 heteroatoms. The molecule has 2 amide bonds. The third-order valence-electron chi connectivity index (χ3n) is 3.14. The Hall–Kier alpha value is -2.53. The van der Waals surface area contributed by atoms with Gasteiger partial charge in [-0.05, 0) is 36.4 Å². The molecular weight excluding hydrogens is 314 g/mol. The van der Waals surface area contributed by atoms with E-state index in [-0.39, 0.29) is 18.4 Å². The number of halogens is 1. The average molecular weight is 332 g/mol. The van der Waals surface area contributed by atoms with Crippen LogP contribution in [-0.2, 0) is 4.79 Å². The van der Waals surface area contributed by atoms with Crippen molar-refractivity contribution in [3.63, 3.8) is 0 Å². The van der Waals surface area contributed by atoms with E-state index in [1.54, 1.807) is 50.5 Å². The highest BCUT2D eigenvalue weighted by molar-refractivity contribution is 6.33. The molecule has 0 atom stereocenters. The van der Waals surface area contributed by atoms with Crippen LogP contribution in [0.2, 0.25) is 5.02 Å². The lowest BCUT2D eigenvalue weighted by atomic mass is 10.2. The Morgan fingerprint density at radius 1 is 1.04 bits per heavy atom. The number of carbonyl (C=O) groups excluding carboxylic acids is 2. The van der Waals surface area contributed by atoms with Crippen LogP contribution in [0.1, 0.15) is 10.4 Å². The number of hydrogen-bond acceptors (Lipinski definition) is 3. The van der Waals surface area contributed by atoms with E-state index in [4.69, 9.17) is 11.6 Å². The zero-order valence-corrected chi connectivity index (χ0v) is 13.7. The molecule has 0 aliphatic carbocycles. The van der Waals surface area contributed by atoms with Crippen LogP contribution in [0, 0.1) is 0 Å². The second kappa shape index (κ2) is 7.65. The molecule has 0 radical (unpaired) electrons. The number of carbonyl (C=O) groups is 2. The number of nitrogens with one attached hydrogen (secondary N) is 2. The first-order valence-corrected chi connectivity index (χ1v) is 7.45. The van der Waals surface area contributed by atoms with Gasteiger partial charge in [-0.3, -0.25) is 9.59 Å². The summed E-state index contributed by atoms with van der Waals surface area (Å²) in [5.74, 6) is -0.278. The van der Waals surface area contributed by atoms with E-state index in [0.717, 1.165) is 0 Å². The number of para-hydroxylation sites is 1. The lowest BCUT2D eigenvalue weighted by molar-refractivity contribution is -0.114. The monoisotopic (exact) mass is 331 g/mol. The molecule has 2 aromatic rings. The van der Waals surface area contributed by atoms with E-state index in [1.165, 1.54) is 4.90 Å². The number of amides is 2. The molecule has 0 saturated carbocycles. The van der Waals surface area contributed by atoms with Gasteiger partial charge in [-0.1, -0.05) is 23.7 Å². The van der Waals surface area contributed by atoms with Crippen molar-refractivity contribution in [1.82, 2.24) is 4.90 Å². The van der Waals surface area contributed by atoms with Crippen molar-refractivity contribution >= 4 is 34.8 Å². The van der Waals surface area contributed by atoms with Crippen LogP contribution in [0.4, 0.5) is 11.4 Å². The molecule has 2 aromatic carbocycles. The van der Waals surface area contributed by atoms with Crippen LogP contribution in [-0.4, -0.2) is 37.4 Å². The third-order valence-corrected chi connectivity index (χ3v) is 3.46. The van der Waals surface area contributed by atoms with Crippen molar-refractivity contribution in [3.05, 3.63) is 59.1 Å². The van der Waals surface area contributed by atoms with E-state index in [0.29, 0.717) is 22.0 Å². The van der Waals surface area contributed by atoms with E-state index in [2.05, 4.69) is 10.6 Å². The zero-order chi connectivity index (χ0) is 16.8. The Balaban J connectivity index is 1.90. The molecule has 0 aliphatic heterocycles. The molecule has 0 aromatic heterocycles. The van der Waals surface area contributed by atoms with Gasteiger partial charge in [0.1, 0.15) is 0 Å². The van der Waals surface area contributed by atoms with Crippen LogP contribution in [0.25, 0.3) is 0 Å². The van der Waals surface area contributed by atoms with Gasteiger partial charge in [-0.15, -0.1) is 0 Å². The van der Waals surface area contributed by atoms with Crippen molar-refractivity contribution in [1.29, 1.82) is 0 Å². The Labute approximate surface area is 140 Å². The second-order valence-corrected chi connectivity index (χ2v) is 5.57. The zero-order valence-electron chi connectivity index (χ0n) is 13.0. The molecule has 23 heavy (non-hydrogen) atoms. The standard InChI is InChI=1S/C17H18ClN3O2/c1-21(2)17(23)12-7-9-13(10-8-12)20-16(22)11-19-15-6-4-3-5-14(15)18/h3-10,19H,11H2,1-2H3,(H,20,22). The van der Waals surface area contributed by atoms with Crippen molar-refractivity contribution in [2.75, 3.05) is 31.3 Å². The summed E-state index contributed by atoms with van der Waals surface area (Å²) in [5.41, 5.74) is 1.91. The van der Waals surface area contributed by atoms with Crippen LogP contribution in [0.5, 0.6) is 0 Å². The predicted molar refractivity (Wildman–Crippen MR) is 93.0 cm³/mol. The van der Waals surface area contributed by atoms with Gasteiger partial charge >= 0.3 is 0 Å². The van der Waals surface area contributed by atoms with Crippen molar-refractivity contribution in [3.8, 4) is 0 Å². The summed E-state index contributed by atoms with van der Waals surface area (Å²) in [4.78, 5) is 25.2. The van der Waals surface area contributed by atoms with E-state index in [1.807, 2.05) is 12.1 Å². The highest BCUT2D eigenvalue weighted by Gasteiger charge is 2.08. The number of benzene rings is 2. The second-order valence-electron chi connectivity index (χ2n) is 5.16. The van der Waals surface area contributed by atoms with E-state index >= 15 is 0 Å². The summed E-state index contributed by atoms with van der Waals surface area (Å²) in [6.07, 6.45) is 0. The fraction of sp³-hybridized carbons (Fsp3) is 0.176. The summed E-state index contributed by atoms with van der Waals surface area (Å²) in [6.45, 7) is 0.0993. The fourth-order valence-corrected chi connectivity index (χ4v) is 2.14. The minimum atomic E-state index is -0.198. The molecule has 0 fully saturated rings. The average Bonchev–Trinajstić information content (AvgIpc) is 2.54. The SMILES string of the molecule is CN(C)C(=O)c1ccc(NC(=O)CNc2ccccc2Cl)cc1. The molecule has 0 saturated heterocycles. The first kappa shape index (κ1) is 16.8. The molecular formula is C17H18ClN3O2. The molecule has 0 unspecified atom stereocenters. The minimum absolute atomic E-state index is 0.0803. The molecule has 0 spiro atoms. The van der Waals surface area contributed by atoms with Gasteiger partial charge in [0.15, 0.2) is 0 Å². The molecule has 2 N–H and O–H groups in total. The van der Waals surface area contributed by atoms with Crippen LogP contribution in [0.3, 0.4) is 0 Å². The summed E-state index contributed by atoms with van der Waals surface area (Å²) in [7, 11) is 3.39. The number of hydrogen-bond donors (Lipinski definition) is 2. The van der Waals surface area contributed by atoms with Crippen LogP contribution < -0.4 is 10.6 Å². The quantitative estimate of drug-likeness (QED) is 0.885. The topological polar surface area (TPSA) is 61.4 Å². The maximum atomic E-state index is 11.9. The highest BCUT2D eigenvalue weighted by Crippen LogP contribution is 2.20. The molecule has 0 heterocycles. The van der Waals surface area contributed by atoms with Gasteiger partial charge in [-0.25, -0.2) is 0 Å². The van der Waals surface area contributed by atoms with Gasteiger partial charge in [0.2, 0.25) is 5.91 Å². The predicted octanol–water partition coefficient (Wildman–Crippen LogP) is 3.09. The Kier molecular flexibility index (Phi) is 5.60. The maximum absolute atomic E-state index is 11.9. The summed E-state index contributed by atoms with van der Waals surface area (Å²) >= 11 is 6.01. The third kappa shape index (κ3) is 4.72. The van der Waals surface area contributed by atoms with Crippen molar-refractivity contribution < 1.29 is 9.59 Å². The molecule has 0 aliphatic rings. The number of anilines is 2. The Bertz CT molecular complexity index is 699. The number of nitrogens with zero attached hydrogens (tertiary/aromatic N) is 1. The number of rotatable bonds is 5. The molecule has 0 bridgehead atoms. The molecule has 120 valence electrons. The maximum Gasteiger partial charge on any atom is 0.253 e. The largest absolute Gasteiger partial charge is 0.375 e. The van der Waals surface area contributed by atoms with E-state index < -0.39 is 0 Å². The summed E-state index contributed by atoms with van der Waals surface area (Å²) < 4.78 is 0.